The van der Waals surface area contributed by atoms with Crippen molar-refractivity contribution < 1.29 is 47.3 Å². The number of rotatable bonds is 7. The molecule has 0 aliphatic heterocycles. The minimum Gasteiger partial charge on any atom is -0.748 e. The smallest absolute Gasteiger partial charge is 0.748 e. The molecule has 5 nitrogen and oxygen atoms in total. The Balaban J connectivity index is 0.00000289. The van der Waals surface area contributed by atoms with Gasteiger partial charge in [-0.2, -0.15) is 0 Å². The number of unbranched alkanes of at least 4 members (excludes halogenated alkanes) is 1. The van der Waals surface area contributed by atoms with Crippen LogP contribution in [0.4, 0.5) is 5.69 Å². The fourth-order valence-electron chi connectivity index (χ4n) is 1.29. The van der Waals surface area contributed by atoms with Crippen molar-refractivity contribution in [2.24, 2.45) is 0 Å². The van der Waals surface area contributed by atoms with Gasteiger partial charge in [-0.15, -0.1) is 0 Å². The molecule has 0 bridgehead atoms. The van der Waals surface area contributed by atoms with Crippen molar-refractivity contribution in [3.05, 3.63) is 24.3 Å². The van der Waals surface area contributed by atoms with Crippen LogP contribution in [0.1, 0.15) is 12.8 Å². The Morgan fingerprint density at radius 2 is 1.83 bits per heavy atom. The number of benzene rings is 1. The second-order valence-corrected chi connectivity index (χ2v) is 5.12. The van der Waals surface area contributed by atoms with Gasteiger partial charge in [-0.1, -0.05) is 0 Å². The first-order valence-electron chi connectivity index (χ1n) is 5.35. The zero-order valence-electron chi connectivity index (χ0n) is 10.7. The van der Waals surface area contributed by atoms with Gasteiger partial charge in [0.2, 0.25) is 0 Å². The van der Waals surface area contributed by atoms with Crippen molar-refractivity contribution in [1.29, 1.82) is 0 Å². The molecule has 0 radical (unpaired) electrons. The second-order valence-electron chi connectivity index (χ2n) is 3.59. The van der Waals surface area contributed by atoms with Crippen LogP contribution in [0.5, 0.6) is 5.75 Å². The minimum atomic E-state index is -4.09. The molecular formula is C11H16NNaO4S. The van der Waals surface area contributed by atoms with Crippen LogP contribution in [0.2, 0.25) is 0 Å². The molecule has 0 aliphatic rings. The Bertz CT molecular complexity index is 433. The Hall–Kier alpha value is -0.270. The van der Waals surface area contributed by atoms with Crippen LogP contribution in [0, 0.1) is 0 Å². The molecule has 0 saturated heterocycles. The number of hydrogen-bond acceptors (Lipinski definition) is 5. The maximum atomic E-state index is 10.3. The molecule has 18 heavy (non-hydrogen) atoms. The van der Waals surface area contributed by atoms with Gasteiger partial charge in [0.15, 0.2) is 0 Å². The van der Waals surface area contributed by atoms with E-state index >= 15 is 0 Å². The van der Waals surface area contributed by atoms with Crippen LogP contribution in [-0.2, 0) is 10.1 Å². The summed E-state index contributed by atoms with van der Waals surface area (Å²) in [5.74, 6) is 0.406. The molecule has 1 N–H and O–H groups in total. The maximum Gasteiger partial charge on any atom is 1.00 e. The Morgan fingerprint density at radius 1 is 1.22 bits per heavy atom. The number of ether oxygens (including phenoxy) is 1. The first-order valence-corrected chi connectivity index (χ1v) is 6.93. The Kier molecular flexibility index (Phi) is 8.64. The predicted octanol–water partition coefficient (Wildman–Crippen LogP) is -1.56. The molecule has 1 rings (SSSR count). The van der Waals surface area contributed by atoms with Gasteiger partial charge in [-0.3, -0.25) is 0 Å². The van der Waals surface area contributed by atoms with Crippen molar-refractivity contribution in [2.45, 2.75) is 12.8 Å². The molecule has 0 atom stereocenters. The normalized spacial score (nSPS) is 10.6. The van der Waals surface area contributed by atoms with Gasteiger partial charge in [-0.25, -0.2) is 8.42 Å². The van der Waals surface area contributed by atoms with E-state index in [1.807, 2.05) is 31.3 Å². The standard InChI is InChI=1S/C11H17NO4S.Na/c1-12-10-4-6-11(7-5-10)16-8-2-3-9-17(13,14)15;/h4-7,12H,2-3,8-9H2,1H3,(H,13,14,15);/q;+1/p-1. The monoisotopic (exact) mass is 281 g/mol. The molecule has 0 aliphatic carbocycles. The van der Waals surface area contributed by atoms with E-state index in [-0.39, 0.29) is 35.3 Å². The van der Waals surface area contributed by atoms with Crippen molar-refractivity contribution >= 4 is 15.8 Å². The molecular weight excluding hydrogens is 265 g/mol. The number of hydrogen-bond donors (Lipinski definition) is 1. The largest absolute Gasteiger partial charge is 1.00 e. The summed E-state index contributed by atoms with van der Waals surface area (Å²) in [5.41, 5.74) is 0.995. The molecule has 1 aromatic carbocycles. The summed E-state index contributed by atoms with van der Waals surface area (Å²) in [7, 11) is -2.26. The van der Waals surface area contributed by atoms with Gasteiger partial charge >= 0.3 is 29.6 Å². The fourth-order valence-corrected chi connectivity index (χ4v) is 1.85. The molecule has 0 saturated carbocycles. The van der Waals surface area contributed by atoms with Crippen LogP contribution in [0.3, 0.4) is 0 Å². The molecule has 0 fully saturated rings. The van der Waals surface area contributed by atoms with E-state index in [0.717, 1.165) is 11.4 Å². The molecule has 1 aromatic rings. The summed E-state index contributed by atoms with van der Waals surface area (Å²) in [6.07, 6.45) is 0.885. The Labute approximate surface area is 130 Å². The average Bonchev–Trinajstić information content (AvgIpc) is 2.28. The van der Waals surface area contributed by atoms with Crippen molar-refractivity contribution in [1.82, 2.24) is 0 Å². The van der Waals surface area contributed by atoms with E-state index in [1.165, 1.54) is 0 Å². The summed E-state index contributed by atoms with van der Waals surface area (Å²) in [5, 5.41) is 2.99. The van der Waals surface area contributed by atoms with E-state index in [0.29, 0.717) is 19.4 Å². The van der Waals surface area contributed by atoms with E-state index in [2.05, 4.69) is 5.32 Å². The number of nitrogens with one attached hydrogen (secondary N) is 1. The minimum absolute atomic E-state index is 0. The summed E-state index contributed by atoms with van der Waals surface area (Å²) in [6, 6.07) is 7.43. The van der Waals surface area contributed by atoms with Crippen LogP contribution < -0.4 is 39.6 Å². The SMILES string of the molecule is CNc1ccc(OCCCCS(=O)(=O)[O-])cc1.[Na+]. The quantitative estimate of drug-likeness (QED) is 0.371. The third kappa shape index (κ3) is 7.94. The van der Waals surface area contributed by atoms with Crippen LogP contribution in [-0.4, -0.2) is 32.4 Å². The van der Waals surface area contributed by atoms with Crippen molar-refractivity contribution in [2.75, 3.05) is 24.7 Å². The van der Waals surface area contributed by atoms with Gasteiger partial charge in [0.05, 0.1) is 16.7 Å². The maximum absolute atomic E-state index is 10.3. The first kappa shape index (κ1) is 17.7. The van der Waals surface area contributed by atoms with E-state index in [9.17, 15) is 13.0 Å². The fraction of sp³-hybridized carbons (Fsp3) is 0.455. The third-order valence-electron chi connectivity index (χ3n) is 2.20. The van der Waals surface area contributed by atoms with Gasteiger partial charge in [-0.05, 0) is 37.1 Å². The van der Waals surface area contributed by atoms with Gasteiger partial charge in [0, 0.05) is 18.5 Å². The molecule has 7 heteroatoms. The topological polar surface area (TPSA) is 78.5 Å². The zero-order valence-corrected chi connectivity index (χ0v) is 13.5. The predicted molar refractivity (Wildman–Crippen MR) is 65.3 cm³/mol. The summed E-state index contributed by atoms with van der Waals surface area (Å²) in [6.45, 7) is 0.411. The van der Waals surface area contributed by atoms with E-state index in [1.54, 1.807) is 0 Å². The molecule has 0 heterocycles. The van der Waals surface area contributed by atoms with Gasteiger partial charge in [0.25, 0.3) is 0 Å². The first-order chi connectivity index (χ1) is 8.01. The van der Waals surface area contributed by atoms with Crippen LogP contribution >= 0.6 is 0 Å². The third-order valence-corrected chi connectivity index (χ3v) is 2.99. The average molecular weight is 281 g/mol. The van der Waals surface area contributed by atoms with Crippen molar-refractivity contribution in [3.63, 3.8) is 0 Å². The van der Waals surface area contributed by atoms with Gasteiger partial charge in [0.1, 0.15) is 5.75 Å². The Morgan fingerprint density at radius 3 is 2.33 bits per heavy atom. The van der Waals surface area contributed by atoms with Crippen LogP contribution in [0.25, 0.3) is 0 Å². The summed E-state index contributed by atoms with van der Waals surface area (Å²) >= 11 is 0. The second kappa shape index (κ2) is 8.77. The molecule has 0 amide bonds. The van der Waals surface area contributed by atoms with Gasteiger partial charge < -0.3 is 14.6 Å². The summed E-state index contributed by atoms with van der Waals surface area (Å²) in [4.78, 5) is 0. The molecule has 0 aromatic heterocycles. The molecule has 96 valence electrons. The van der Waals surface area contributed by atoms with E-state index < -0.39 is 10.1 Å². The molecule has 0 unspecified atom stereocenters. The summed E-state index contributed by atoms with van der Waals surface area (Å²) < 4.78 is 36.4. The zero-order chi connectivity index (χ0) is 12.7. The number of anilines is 1. The molecule has 0 spiro atoms. The van der Waals surface area contributed by atoms with E-state index in [4.69, 9.17) is 4.74 Å². The van der Waals surface area contributed by atoms with Crippen molar-refractivity contribution in [3.8, 4) is 5.75 Å². The van der Waals surface area contributed by atoms with Crippen LogP contribution in [0.15, 0.2) is 24.3 Å².